The minimum absolute atomic E-state index is 0.725. The quantitative estimate of drug-likeness (QED) is 0.436. The highest BCUT2D eigenvalue weighted by atomic mass is 15.3. The Morgan fingerprint density at radius 1 is 1.00 bits per heavy atom. The van der Waals surface area contributed by atoms with Crippen LogP contribution in [0.5, 0.6) is 0 Å². The number of hydrogen-bond acceptors (Lipinski definition) is 4. The van der Waals surface area contributed by atoms with Crippen molar-refractivity contribution in [3.8, 4) is 0 Å². The molecule has 0 spiro atoms. The fourth-order valence-electron chi connectivity index (χ4n) is 2.06. The Balaban J connectivity index is 1.81. The third-order valence-electron chi connectivity index (χ3n) is 3.27. The van der Waals surface area contributed by atoms with Crippen LogP contribution < -0.4 is 11.2 Å². The average molecular weight is 276 g/mol. The summed E-state index contributed by atoms with van der Waals surface area (Å²) in [6.07, 6.45) is 0. The molecule has 3 rings (SSSR count). The summed E-state index contributed by atoms with van der Waals surface area (Å²) >= 11 is 0. The van der Waals surface area contributed by atoms with Gasteiger partial charge in [0.15, 0.2) is 0 Å². The lowest BCUT2D eigenvalue weighted by Crippen LogP contribution is -2.01. The van der Waals surface area contributed by atoms with Gasteiger partial charge in [0.25, 0.3) is 0 Å². The van der Waals surface area contributed by atoms with Crippen LogP contribution in [0.4, 0.5) is 11.5 Å². The van der Waals surface area contributed by atoms with Crippen molar-refractivity contribution in [3.63, 3.8) is 0 Å². The first kappa shape index (κ1) is 13.1. The summed E-state index contributed by atoms with van der Waals surface area (Å²) in [7, 11) is 0. The number of rotatable bonds is 3. The zero-order valence-corrected chi connectivity index (χ0v) is 11.7. The Morgan fingerprint density at radius 3 is 2.57 bits per heavy atom. The zero-order chi connectivity index (χ0) is 14.7. The van der Waals surface area contributed by atoms with Gasteiger partial charge in [0, 0.05) is 11.1 Å². The first-order valence-electron chi connectivity index (χ1n) is 6.74. The topological polar surface area (TPSA) is 63.3 Å². The highest BCUT2D eigenvalue weighted by Crippen LogP contribution is 2.14. The molecule has 2 aromatic carbocycles. The van der Waals surface area contributed by atoms with Gasteiger partial charge in [-0.1, -0.05) is 30.3 Å². The molecule has 0 aliphatic rings. The van der Waals surface area contributed by atoms with Crippen LogP contribution in [0.1, 0.15) is 12.5 Å². The van der Waals surface area contributed by atoms with Crippen LogP contribution in [-0.2, 0) is 0 Å². The van der Waals surface area contributed by atoms with E-state index >= 15 is 0 Å². The maximum absolute atomic E-state index is 5.68. The molecule has 0 atom stereocenters. The second-order valence-electron chi connectivity index (χ2n) is 4.82. The molecule has 0 unspecified atom stereocenters. The van der Waals surface area contributed by atoms with Crippen LogP contribution in [0.3, 0.4) is 0 Å². The minimum atomic E-state index is 0.725. The van der Waals surface area contributed by atoms with E-state index in [0.717, 1.165) is 33.7 Å². The summed E-state index contributed by atoms with van der Waals surface area (Å²) < 4.78 is 0. The van der Waals surface area contributed by atoms with Gasteiger partial charge in [-0.3, -0.25) is 5.43 Å². The number of nitrogens with one attached hydrogen (secondary N) is 1. The number of anilines is 2. The first-order chi connectivity index (χ1) is 10.2. The minimum Gasteiger partial charge on any atom is -0.399 e. The van der Waals surface area contributed by atoms with E-state index in [1.54, 1.807) is 0 Å². The molecule has 0 aliphatic heterocycles. The maximum atomic E-state index is 5.68. The second kappa shape index (κ2) is 5.63. The van der Waals surface area contributed by atoms with Crippen molar-refractivity contribution < 1.29 is 0 Å². The number of nitrogen functional groups attached to an aromatic ring is 1. The van der Waals surface area contributed by atoms with Gasteiger partial charge in [-0.05, 0) is 42.8 Å². The number of pyridine rings is 1. The van der Waals surface area contributed by atoms with Gasteiger partial charge in [0.1, 0.15) is 5.82 Å². The molecular formula is C17H16N4. The molecule has 0 aliphatic carbocycles. The van der Waals surface area contributed by atoms with Crippen LogP contribution in [0.25, 0.3) is 10.9 Å². The maximum Gasteiger partial charge on any atom is 0.146 e. The fourth-order valence-corrected chi connectivity index (χ4v) is 2.06. The highest BCUT2D eigenvalue weighted by molar-refractivity contribution is 5.99. The number of nitrogens with zero attached hydrogens (tertiary/aromatic N) is 2. The van der Waals surface area contributed by atoms with Crippen molar-refractivity contribution in [1.82, 2.24) is 4.98 Å². The van der Waals surface area contributed by atoms with Crippen LogP contribution >= 0.6 is 0 Å². The second-order valence-corrected chi connectivity index (χ2v) is 4.82. The molecule has 4 heteroatoms. The molecule has 0 fully saturated rings. The summed E-state index contributed by atoms with van der Waals surface area (Å²) in [5.41, 5.74) is 12.3. The zero-order valence-electron chi connectivity index (χ0n) is 11.7. The van der Waals surface area contributed by atoms with Crippen molar-refractivity contribution in [2.75, 3.05) is 11.2 Å². The summed E-state index contributed by atoms with van der Waals surface area (Å²) in [5.74, 6) is 0.725. The van der Waals surface area contributed by atoms with Gasteiger partial charge in [-0.15, -0.1) is 0 Å². The van der Waals surface area contributed by atoms with Gasteiger partial charge in [-0.2, -0.15) is 5.10 Å². The number of fused-ring (bicyclic) bond motifs is 1. The van der Waals surface area contributed by atoms with Crippen LogP contribution in [0.2, 0.25) is 0 Å². The smallest absolute Gasteiger partial charge is 0.146 e. The molecule has 4 nitrogen and oxygen atoms in total. The Hall–Kier alpha value is -2.88. The molecule has 3 N–H and O–H groups in total. The first-order valence-corrected chi connectivity index (χ1v) is 6.74. The van der Waals surface area contributed by atoms with E-state index in [-0.39, 0.29) is 0 Å². The lowest BCUT2D eigenvalue weighted by atomic mass is 10.1. The van der Waals surface area contributed by atoms with E-state index in [9.17, 15) is 0 Å². The van der Waals surface area contributed by atoms with Crippen LogP contribution in [-0.4, -0.2) is 10.7 Å². The van der Waals surface area contributed by atoms with Gasteiger partial charge in [0.2, 0.25) is 0 Å². The molecule has 0 amide bonds. The number of para-hydroxylation sites is 1. The normalized spacial score (nSPS) is 11.6. The molecule has 0 radical (unpaired) electrons. The molecule has 3 aromatic rings. The van der Waals surface area contributed by atoms with E-state index in [1.807, 2.05) is 67.6 Å². The van der Waals surface area contributed by atoms with Crippen molar-refractivity contribution in [2.45, 2.75) is 6.92 Å². The molecule has 0 saturated heterocycles. The van der Waals surface area contributed by atoms with Crippen LogP contribution in [0.15, 0.2) is 65.8 Å². The number of hydrazone groups is 1. The largest absolute Gasteiger partial charge is 0.399 e. The molecule has 1 aromatic heterocycles. The van der Waals surface area contributed by atoms with E-state index in [2.05, 4.69) is 15.5 Å². The van der Waals surface area contributed by atoms with Crippen molar-refractivity contribution in [3.05, 3.63) is 66.2 Å². The van der Waals surface area contributed by atoms with Gasteiger partial charge in [0.05, 0.1) is 11.2 Å². The third-order valence-corrected chi connectivity index (χ3v) is 3.27. The summed E-state index contributed by atoms with van der Waals surface area (Å²) in [4.78, 5) is 4.52. The summed E-state index contributed by atoms with van der Waals surface area (Å²) in [6.45, 7) is 1.94. The predicted octanol–water partition coefficient (Wildman–Crippen LogP) is 3.65. The van der Waals surface area contributed by atoms with E-state index in [0.29, 0.717) is 0 Å². The van der Waals surface area contributed by atoms with Gasteiger partial charge >= 0.3 is 0 Å². The highest BCUT2D eigenvalue weighted by Gasteiger charge is 1.99. The summed E-state index contributed by atoms with van der Waals surface area (Å²) in [6, 6.07) is 19.6. The SMILES string of the molecule is CC(=NNc1ccc2ccccc2n1)c1ccc(N)cc1. The van der Waals surface area contributed by atoms with E-state index in [4.69, 9.17) is 5.73 Å². The van der Waals surface area contributed by atoms with Crippen LogP contribution in [0, 0.1) is 0 Å². The Kier molecular flexibility index (Phi) is 3.51. The predicted molar refractivity (Wildman–Crippen MR) is 88.4 cm³/mol. The Bertz CT molecular complexity index is 791. The number of nitrogens with two attached hydrogens (primary N) is 1. The van der Waals surface area contributed by atoms with E-state index < -0.39 is 0 Å². The Morgan fingerprint density at radius 2 is 1.76 bits per heavy atom. The number of aromatic nitrogens is 1. The molecule has 1 heterocycles. The average Bonchev–Trinajstić information content (AvgIpc) is 2.53. The number of benzene rings is 2. The van der Waals surface area contributed by atoms with Gasteiger partial charge < -0.3 is 5.73 Å². The van der Waals surface area contributed by atoms with Gasteiger partial charge in [-0.25, -0.2) is 4.98 Å². The van der Waals surface area contributed by atoms with E-state index in [1.165, 1.54) is 0 Å². The lowest BCUT2D eigenvalue weighted by Gasteiger charge is -2.04. The Labute approximate surface area is 123 Å². The molecule has 0 saturated carbocycles. The molecule has 0 bridgehead atoms. The summed E-state index contributed by atoms with van der Waals surface area (Å²) in [5, 5.41) is 5.48. The monoisotopic (exact) mass is 276 g/mol. The molecule has 21 heavy (non-hydrogen) atoms. The molecule has 104 valence electrons. The lowest BCUT2D eigenvalue weighted by molar-refractivity contribution is 1.25. The fraction of sp³-hybridized carbons (Fsp3) is 0.0588. The van der Waals surface area contributed by atoms with Crippen molar-refractivity contribution >= 4 is 28.1 Å². The number of hydrogen-bond donors (Lipinski definition) is 2. The standard InChI is InChI=1S/C17H16N4/c1-12(13-6-9-15(18)10-7-13)20-21-17-11-8-14-4-2-3-5-16(14)19-17/h2-11H,18H2,1H3,(H,19,21). The van der Waals surface area contributed by atoms with Crippen molar-refractivity contribution in [2.24, 2.45) is 5.10 Å². The molecular weight excluding hydrogens is 260 g/mol. The third kappa shape index (κ3) is 3.00. The van der Waals surface area contributed by atoms with Crippen molar-refractivity contribution in [1.29, 1.82) is 0 Å².